The lowest BCUT2D eigenvalue weighted by Gasteiger charge is -2.31. The average molecular weight is 493 g/mol. The van der Waals surface area contributed by atoms with Crippen LogP contribution in [0.25, 0.3) is 0 Å². The van der Waals surface area contributed by atoms with E-state index in [0.29, 0.717) is 18.4 Å². The van der Waals surface area contributed by atoms with E-state index in [-0.39, 0.29) is 12.1 Å². The van der Waals surface area contributed by atoms with Crippen molar-refractivity contribution in [2.75, 3.05) is 5.32 Å². The van der Waals surface area contributed by atoms with E-state index >= 15 is 0 Å². The van der Waals surface area contributed by atoms with Gasteiger partial charge in [-0.2, -0.15) is 0 Å². The van der Waals surface area contributed by atoms with Crippen LogP contribution in [-0.2, 0) is 6.54 Å². The first-order chi connectivity index (χ1) is 17.9. The molecule has 0 aliphatic heterocycles. The predicted octanol–water partition coefficient (Wildman–Crippen LogP) is 9.42. The van der Waals surface area contributed by atoms with Crippen LogP contribution in [0.5, 0.6) is 0 Å². The van der Waals surface area contributed by atoms with Crippen molar-refractivity contribution in [3.05, 3.63) is 138 Å². The molecule has 3 heteroatoms. The predicted molar refractivity (Wildman–Crippen MR) is 157 cm³/mol. The van der Waals surface area contributed by atoms with Gasteiger partial charge < -0.3 is 10.2 Å². The van der Waals surface area contributed by atoms with Crippen LogP contribution in [0.2, 0.25) is 0 Å². The molecule has 0 aliphatic rings. The number of para-hydroxylation sites is 1. The van der Waals surface area contributed by atoms with Gasteiger partial charge in [0.15, 0.2) is 0 Å². The molecule has 4 aromatic carbocycles. The maximum Gasteiger partial charge on any atom is 0.322 e. The molecule has 0 saturated carbocycles. The number of hydrogen-bond donors (Lipinski definition) is 1. The molecule has 0 radical (unpaired) electrons. The lowest BCUT2D eigenvalue weighted by Crippen LogP contribution is -2.37. The summed E-state index contributed by atoms with van der Waals surface area (Å²) in [6, 6.07) is 38.6. The SMILES string of the molecule is CC(C)c1cccc(C(C)C)c1NC(=O)N(Cc1ccccc1)C(C)c1ccccc1.c1ccccc1. The maximum atomic E-state index is 13.7. The zero-order valence-corrected chi connectivity index (χ0v) is 22.8. The minimum atomic E-state index is -0.0739. The molecule has 0 aliphatic carbocycles. The Morgan fingerprint density at radius 3 is 1.51 bits per heavy atom. The smallest absolute Gasteiger partial charge is 0.313 e. The quantitative estimate of drug-likeness (QED) is 0.274. The number of carbonyl (C=O) groups is 1. The Kier molecular flexibility index (Phi) is 10.5. The van der Waals surface area contributed by atoms with Gasteiger partial charge in [0.05, 0.1) is 6.04 Å². The summed E-state index contributed by atoms with van der Waals surface area (Å²) >= 11 is 0. The van der Waals surface area contributed by atoms with Crippen LogP contribution in [0.1, 0.15) is 74.8 Å². The number of anilines is 1. The van der Waals surface area contributed by atoms with Crippen LogP contribution >= 0.6 is 0 Å². The van der Waals surface area contributed by atoms with Gasteiger partial charge in [0.2, 0.25) is 0 Å². The minimum absolute atomic E-state index is 0.0601. The molecule has 1 atom stereocenters. The summed E-state index contributed by atoms with van der Waals surface area (Å²) in [4.78, 5) is 15.6. The molecule has 4 rings (SSSR count). The standard InChI is InChI=1S/C28H34N2O.C6H6/c1-20(2)25-17-12-18-26(21(3)4)27(25)29-28(31)30(19-23-13-8-6-9-14-23)22(5)24-15-10-7-11-16-24;1-2-4-6-5-3-1/h6-18,20-22H,19H2,1-5H3,(H,29,31);1-6H. The van der Waals surface area contributed by atoms with Gasteiger partial charge in [-0.05, 0) is 41.0 Å². The van der Waals surface area contributed by atoms with Gasteiger partial charge in [-0.3, -0.25) is 0 Å². The first kappa shape index (κ1) is 27.7. The van der Waals surface area contributed by atoms with Crippen molar-refractivity contribution in [1.29, 1.82) is 0 Å². The van der Waals surface area contributed by atoms with Crippen molar-refractivity contribution in [1.82, 2.24) is 4.90 Å². The lowest BCUT2D eigenvalue weighted by molar-refractivity contribution is 0.189. The molecule has 0 fully saturated rings. The second kappa shape index (κ2) is 14.0. The summed E-state index contributed by atoms with van der Waals surface area (Å²) in [5, 5.41) is 3.30. The van der Waals surface area contributed by atoms with Crippen molar-refractivity contribution < 1.29 is 4.79 Å². The van der Waals surface area contributed by atoms with Crippen molar-refractivity contribution in [2.24, 2.45) is 0 Å². The van der Waals surface area contributed by atoms with E-state index in [2.05, 4.69) is 82.4 Å². The molecule has 0 heterocycles. The third-order valence-corrected chi connectivity index (χ3v) is 6.48. The van der Waals surface area contributed by atoms with Gasteiger partial charge in [0.1, 0.15) is 0 Å². The number of amides is 2. The Bertz CT molecular complexity index is 1150. The average Bonchev–Trinajstić information content (AvgIpc) is 2.93. The Morgan fingerprint density at radius 2 is 1.05 bits per heavy atom. The maximum absolute atomic E-state index is 13.7. The third-order valence-electron chi connectivity index (χ3n) is 6.48. The molecule has 0 aromatic heterocycles. The summed E-state index contributed by atoms with van der Waals surface area (Å²) in [6.45, 7) is 11.3. The van der Waals surface area contributed by atoms with Gasteiger partial charge in [-0.1, -0.05) is 143 Å². The fraction of sp³-hybridized carbons (Fsp3) is 0.265. The van der Waals surface area contributed by atoms with E-state index in [9.17, 15) is 4.79 Å². The van der Waals surface area contributed by atoms with E-state index in [1.807, 2.05) is 77.7 Å². The van der Waals surface area contributed by atoms with Crippen molar-refractivity contribution >= 4 is 11.7 Å². The Balaban J connectivity index is 0.000000555. The van der Waals surface area contributed by atoms with Crippen molar-refractivity contribution in [3.63, 3.8) is 0 Å². The van der Waals surface area contributed by atoms with E-state index < -0.39 is 0 Å². The second-order valence-corrected chi connectivity index (χ2v) is 9.91. The topological polar surface area (TPSA) is 32.3 Å². The molecule has 4 aromatic rings. The highest BCUT2D eigenvalue weighted by Crippen LogP contribution is 2.33. The van der Waals surface area contributed by atoms with Gasteiger partial charge in [0, 0.05) is 12.2 Å². The molecule has 0 bridgehead atoms. The van der Waals surface area contributed by atoms with Gasteiger partial charge in [0.25, 0.3) is 0 Å². The van der Waals surface area contributed by atoms with Gasteiger partial charge in [-0.15, -0.1) is 0 Å². The molecular weight excluding hydrogens is 452 g/mol. The van der Waals surface area contributed by atoms with Gasteiger partial charge >= 0.3 is 6.03 Å². The van der Waals surface area contributed by atoms with Crippen LogP contribution in [0.4, 0.5) is 10.5 Å². The number of urea groups is 1. The van der Waals surface area contributed by atoms with E-state index in [1.165, 1.54) is 11.1 Å². The Hall–Kier alpha value is -3.85. The summed E-state index contributed by atoms with van der Waals surface area (Å²) in [7, 11) is 0. The first-order valence-electron chi connectivity index (χ1n) is 13.2. The minimum Gasteiger partial charge on any atom is -0.313 e. The van der Waals surface area contributed by atoms with E-state index in [1.54, 1.807) is 0 Å². The number of carbonyl (C=O) groups excluding carboxylic acids is 1. The highest BCUT2D eigenvalue weighted by Gasteiger charge is 2.24. The van der Waals surface area contributed by atoms with Crippen molar-refractivity contribution in [3.8, 4) is 0 Å². The van der Waals surface area contributed by atoms with E-state index in [4.69, 9.17) is 0 Å². The van der Waals surface area contributed by atoms with Crippen molar-refractivity contribution in [2.45, 2.75) is 59.0 Å². The number of nitrogens with one attached hydrogen (secondary N) is 1. The molecule has 2 amide bonds. The highest BCUT2D eigenvalue weighted by atomic mass is 16.2. The largest absolute Gasteiger partial charge is 0.322 e. The molecule has 1 unspecified atom stereocenters. The summed E-state index contributed by atoms with van der Waals surface area (Å²) in [5.41, 5.74) is 5.53. The highest BCUT2D eigenvalue weighted by molar-refractivity contribution is 5.91. The fourth-order valence-electron chi connectivity index (χ4n) is 4.34. The summed E-state index contributed by atoms with van der Waals surface area (Å²) in [6.07, 6.45) is 0. The monoisotopic (exact) mass is 492 g/mol. The van der Waals surface area contributed by atoms with E-state index in [0.717, 1.165) is 16.8 Å². The molecule has 0 spiro atoms. The normalized spacial score (nSPS) is 11.4. The van der Waals surface area contributed by atoms with Gasteiger partial charge in [-0.25, -0.2) is 4.79 Å². The van der Waals surface area contributed by atoms with Crippen LogP contribution in [-0.4, -0.2) is 10.9 Å². The summed E-state index contributed by atoms with van der Waals surface area (Å²) in [5.74, 6) is 0.645. The lowest BCUT2D eigenvalue weighted by atomic mass is 9.92. The molecule has 1 N–H and O–H groups in total. The van der Waals surface area contributed by atoms with Crippen LogP contribution < -0.4 is 5.32 Å². The second-order valence-electron chi connectivity index (χ2n) is 9.91. The number of rotatable bonds is 7. The Labute approximate surface area is 223 Å². The van der Waals surface area contributed by atoms with Crippen LogP contribution in [0.3, 0.4) is 0 Å². The fourth-order valence-corrected chi connectivity index (χ4v) is 4.34. The zero-order chi connectivity index (χ0) is 26.6. The first-order valence-corrected chi connectivity index (χ1v) is 13.2. The Morgan fingerprint density at radius 1 is 0.622 bits per heavy atom. The van der Waals surface area contributed by atoms with Crippen LogP contribution in [0, 0.1) is 0 Å². The number of nitrogens with zero attached hydrogens (tertiary/aromatic N) is 1. The number of benzene rings is 4. The molecular formula is C34H40N2O. The molecule has 0 saturated heterocycles. The molecule has 37 heavy (non-hydrogen) atoms. The van der Waals surface area contributed by atoms with Crippen LogP contribution in [0.15, 0.2) is 115 Å². The summed E-state index contributed by atoms with van der Waals surface area (Å²) < 4.78 is 0. The molecule has 192 valence electrons. The molecule has 3 nitrogen and oxygen atoms in total. The third kappa shape index (κ3) is 8.08. The number of hydrogen-bond acceptors (Lipinski definition) is 1. The zero-order valence-electron chi connectivity index (χ0n) is 22.8.